The molecule has 0 saturated heterocycles. The lowest BCUT2D eigenvalue weighted by atomic mass is 9.77. The summed E-state index contributed by atoms with van der Waals surface area (Å²) in [6.45, 7) is 2.23. The molecule has 1 aromatic heterocycles. The van der Waals surface area contributed by atoms with Gasteiger partial charge < -0.3 is 20.9 Å². The van der Waals surface area contributed by atoms with Crippen LogP contribution in [0, 0.1) is 5.92 Å². The molecule has 2 unspecified atom stereocenters. The number of nitrogens with zero attached hydrogens (tertiary/aromatic N) is 3. The molecule has 19 heavy (non-hydrogen) atoms. The van der Waals surface area contributed by atoms with Gasteiger partial charge in [-0.1, -0.05) is 19.8 Å². The molecular weight excluding hydrogens is 246 g/mol. The van der Waals surface area contributed by atoms with Crippen LogP contribution in [0.1, 0.15) is 32.6 Å². The second kappa shape index (κ2) is 5.56. The third-order valence-corrected chi connectivity index (χ3v) is 3.59. The molecule has 1 aliphatic carbocycles. The van der Waals surface area contributed by atoms with E-state index in [0.29, 0.717) is 11.9 Å². The molecule has 0 aromatic carbocycles. The van der Waals surface area contributed by atoms with E-state index in [4.69, 9.17) is 10.5 Å². The maximum absolute atomic E-state index is 9.72. The lowest BCUT2D eigenvalue weighted by molar-refractivity contribution is 0.149. The zero-order chi connectivity index (χ0) is 13.9. The summed E-state index contributed by atoms with van der Waals surface area (Å²) in [4.78, 5) is 12.0. The number of hydrogen-bond donors (Lipinski definition) is 3. The molecule has 7 heteroatoms. The van der Waals surface area contributed by atoms with Crippen LogP contribution in [0.5, 0.6) is 6.01 Å². The second-order valence-corrected chi connectivity index (χ2v) is 5.27. The highest BCUT2D eigenvalue weighted by Crippen LogP contribution is 2.34. The minimum Gasteiger partial charge on any atom is -0.467 e. The Morgan fingerprint density at radius 1 is 1.47 bits per heavy atom. The van der Waals surface area contributed by atoms with Gasteiger partial charge in [-0.15, -0.1) is 0 Å². The molecule has 7 nitrogen and oxygen atoms in total. The first-order valence-electron chi connectivity index (χ1n) is 6.51. The first-order valence-corrected chi connectivity index (χ1v) is 6.51. The van der Waals surface area contributed by atoms with Crippen LogP contribution in [0.4, 0.5) is 11.9 Å². The van der Waals surface area contributed by atoms with Gasteiger partial charge in [0.2, 0.25) is 11.9 Å². The average Bonchev–Trinajstić information content (AvgIpc) is 2.38. The van der Waals surface area contributed by atoms with Gasteiger partial charge in [0.1, 0.15) is 0 Å². The minimum absolute atomic E-state index is 0.0469. The van der Waals surface area contributed by atoms with Gasteiger partial charge in [0.15, 0.2) is 0 Å². The maximum atomic E-state index is 9.72. The second-order valence-electron chi connectivity index (χ2n) is 5.27. The number of aliphatic hydroxyl groups is 1. The van der Waals surface area contributed by atoms with Crippen LogP contribution in [-0.2, 0) is 0 Å². The molecule has 2 atom stereocenters. The fourth-order valence-electron chi connectivity index (χ4n) is 2.71. The number of nitrogens with one attached hydrogen (secondary N) is 1. The first-order chi connectivity index (χ1) is 9.07. The van der Waals surface area contributed by atoms with E-state index < -0.39 is 0 Å². The molecule has 0 amide bonds. The van der Waals surface area contributed by atoms with Crippen LogP contribution in [-0.4, -0.2) is 39.3 Å². The smallest absolute Gasteiger partial charge is 0.322 e. The Morgan fingerprint density at radius 3 is 2.89 bits per heavy atom. The number of ether oxygens (including phenoxy) is 1. The van der Waals surface area contributed by atoms with Gasteiger partial charge in [0.25, 0.3) is 0 Å². The lowest BCUT2D eigenvalue weighted by Crippen LogP contribution is -2.46. The van der Waals surface area contributed by atoms with Crippen LogP contribution in [0.15, 0.2) is 0 Å². The Balaban J connectivity index is 2.20. The Labute approximate surface area is 112 Å². The van der Waals surface area contributed by atoms with Gasteiger partial charge in [0.05, 0.1) is 19.3 Å². The molecule has 0 aliphatic heterocycles. The van der Waals surface area contributed by atoms with Gasteiger partial charge >= 0.3 is 6.01 Å². The van der Waals surface area contributed by atoms with Crippen molar-refractivity contribution in [3.63, 3.8) is 0 Å². The summed E-state index contributed by atoms with van der Waals surface area (Å²) in [5.74, 6) is 1.02. The summed E-state index contributed by atoms with van der Waals surface area (Å²) in [5, 5.41) is 12.9. The van der Waals surface area contributed by atoms with Crippen LogP contribution in [0.25, 0.3) is 0 Å². The van der Waals surface area contributed by atoms with Crippen LogP contribution >= 0.6 is 0 Å². The normalized spacial score (nSPS) is 27.0. The van der Waals surface area contributed by atoms with E-state index in [1.165, 1.54) is 13.5 Å². The fraction of sp³-hybridized carbons (Fsp3) is 0.750. The van der Waals surface area contributed by atoms with Gasteiger partial charge in [0, 0.05) is 0 Å². The molecule has 0 spiro atoms. The standard InChI is InChI=1S/C12H21N5O2/c1-8-4-3-5-12(6-8,7-18)17-10-14-9(13)15-11(16-10)19-2/h8,18H,3-7H2,1-2H3,(H3,13,14,15,16,17). The summed E-state index contributed by atoms with van der Waals surface area (Å²) < 4.78 is 4.97. The number of anilines is 2. The SMILES string of the molecule is COc1nc(N)nc(NC2(CO)CCCC(C)C2)n1. The van der Waals surface area contributed by atoms with E-state index in [0.717, 1.165) is 19.3 Å². The summed E-state index contributed by atoms with van der Waals surface area (Å²) in [5.41, 5.74) is 5.23. The highest BCUT2D eigenvalue weighted by molar-refractivity contribution is 5.36. The van der Waals surface area contributed by atoms with Crippen LogP contribution < -0.4 is 15.8 Å². The van der Waals surface area contributed by atoms with E-state index in [1.807, 2.05) is 0 Å². The Hall–Kier alpha value is -1.63. The molecule has 106 valence electrons. The molecule has 1 aliphatic rings. The van der Waals surface area contributed by atoms with Gasteiger partial charge in [-0.05, 0) is 18.8 Å². The van der Waals surface area contributed by atoms with Gasteiger partial charge in [-0.3, -0.25) is 0 Å². The maximum Gasteiger partial charge on any atom is 0.322 e. The highest BCUT2D eigenvalue weighted by atomic mass is 16.5. The predicted octanol–water partition coefficient (Wildman–Crippen LogP) is 0.815. The van der Waals surface area contributed by atoms with Crippen molar-refractivity contribution in [2.45, 2.75) is 38.1 Å². The van der Waals surface area contributed by atoms with E-state index in [1.54, 1.807) is 0 Å². The Morgan fingerprint density at radius 2 is 2.26 bits per heavy atom. The quantitative estimate of drug-likeness (QED) is 0.741. The summed E-state index contributed by atoms with van der Waals surface area (Å²) in [6.07, 6.45) is 4.04. The monoisotopic (exact) mass is 267 g/mol. The molecular formula is C12H21N5O2. The molecule has 0 radical (unpaired) electrons. The molecule has 1 saturated carbocycles. The number of hydrogen-bond acceptors (Lipinski definition) is 7. The van der Waals surface area contributed by atoms with Gasteiger partial charge in [-0.2, -0.15) is 15.0 Å². The van der Waals surface area contributed by atoms with Crippen molar-refractivity contribution >= 4 is 11.9 Å². The Bertz CT molecular complexity index is 442. The van der Waals surface area contributed by atoms with Crippen molar-refractivity contribution in [2.24, 2.45) is 5.92 Å². The van der Waals surface area contributed by atoms with Crippen molar-refractivity contribution in [1.29, 1.82) is 0 Å². The predicted molar refractivity (Wildman–Crippen MR) is 71.9 cm³/mol. The van der Waals surface area contributed by atoms with E-state index >= 15 is 0 Å². The lowest BCUT2D eigenvalue weighted by Gasteiger charge is -2.39. The molecule has 1 heterocycles. The number of aliphatic hydroxyl groups excluding tert-OH is 1. The average molecular weight is 267 g/mol. The molecule has 2 rings (SSSR count). The van der Waals surface area contributed by atoms with Crippen LogP contribution in [0.2, 0.25) is 0 Å². The van der Waals surface area contributed by atoms with Crippen molar-refractivity contribution in [3.05, 3.63) is 0 Å². The number of aromatic nitrogens is 3. The van der Waals surface area contributed by atoms with E-state index in [9.17, 15) is 5.11 Å². The number of methoxy groups -OCH3 is 1. The van der Waals surface area contributed by atoms with Crippen molar-refractivity contribution in [2.75, 3.05) is 24.8 Å². The Kier molecular flexibility index (Phi) is 4.04. The van der Waals surface area contributed by atoms with E-state index in [2.05, 4.69) is 27.2 Å². The zero-order valence-electron chi connectivity index (χ0n) is 11.4. The molecule has 0 bridgehead atoms. The van der Waals surface area contributed by atoms with E-state index in [-0.39, 0.29) is 24.1 Å². The number of nitrogens with two attached hydrogens (primary N) is 1. The first kappa shape index (κ1) is 13.8. The van der Waals surface area contributed by atoms with Crippen molar-refractivity contribution < 1.29 is 9.84 Å². The van der Waals surface area contributed by atoms with Gasteiger partial charge in [-0.25, -0.2) is 0 Å². The molecule has 1 fully saturated rings. The van der Waals surface area contributed by atoms with Crippen molar-refractivity contribution in [3.8, 4) is 6.01 Å². The third kappa shape index (κ3) is 3.23. The number of nitrogen functional groups attached to an aromatic ring is 1. The number of rotatable bonds is 4. The van der Waals surface area contributed by atoms with Crippen LogP contribution in [0.3, 0.4) is 0 Å². The highest BCUT2D eigenvalue weighted by Gasteiger charge is 2.35. The fourth-order valence-corrected chi connectivity index (χ4v) is 2.71. The van der Waals surface area contributed by atoms with Crippen molar-refractivity contribution in [1.82, 2.24) is 15.0 Å². The summed E-state index contributed by atoms with van der Waals surface area (Å²) >= 11 is 0. The molecule has 1 aromatic rings. The zero-order valence-corrected chi connectivity index (χ0v) is 11.4. The molecule has 4 N–H and O–H groups in total. The summed E-state index contributed by atoms with van der Waals surface area (Å²) in [7, 11) is 1.48. The summed E-state index contributed by atoms with van der Waals surface area (Å²) in [6, 6.07) is 0.173. The largest absolute Gasteiger partial charge is 0.467 e. The topological polar surface area (TPSA) is 106 Å². The third-order valence-electron chi connectivity index (χ3n) is 3.59. The minimum atomic E-state index is -0.379.